The summed E-state index contributed by atoms with van der Waals surface area (Å²) in [6.07, 6.45) is 0. The highest BCUT2D eigenvalue weighted by Crippen LogP contribution is 2.48. The molecule has 1 aliphatic heterocycles. The molecule has 0 aliphatic carbocycles. The Bertz CT molecular complexity index is 3620. The molecule has 0 spiro atoms. The maximum absolute atomic E-state index is 6.62. The van der Waals surface area contributed by atoms with Crippen LogP contribution in [0.15, 0.2) is 200 Å². The van der Waals surface area contributed by atoms with E-state index in [-0.39, 0.29) is 0 Å². The van der Waals surface area contributed by atoms with Gasteiger partial charge in [0.05, 0.1) is 38.8 Å². The SMILES string of the molecule is c1cc(-c2cccc(-n3c4ccccc4c4cc(-n5c6ccccc6c6ccccc65)ccc43)c2)cc(-c2cccc3c2-n2c4ccccc4c4cccc(c42)O3)c1. The van der Waals surface area contributed by atoms with Crippen LogP contribution < -0.4 is 4.74 Å². The Balaban J connectivity index is 0.953. The number of rotatable bonds is 4. The molecule has 58 heavy (non-hydrogen) atoms. The molecule has 13 rings (SSSR count). The Morgan fingerprint density at radius 1 is 0.293 bits per heavy atom. The lowest BCUT2D eigenvalue weighted by Crippen LogP contribution is -2.06. The molecule has 4 heterocycles. The van der Waals surface area contributed by atoms with Crippen LogP contribution in [0.3, 0.4) is 0 Å². The first-order valence-electron chi connectivity index (χ1n) is 19.8. The molecule has 1 aliphatic rings. The maximum Gasteiger partial charge on any atom is 0.152 e. The van der Waals surface area contributed by atoms with Gasteiger partial charge in [0.15, 0.2) is 11.5 Å². The van der Waals surface area contributed by atoms with Crippen molar-refractivity contribution in [1.29, 1.82) is 0 Å². The summed E-state index contributed by atoms with van der Waals surface area (Å²) in [5, 5.41) is 7.42. The molecule has 0 amide bonds. The van der Waals surface area contributed by atoms with Crippen LogP contribution in [0, 0.1) is 0 Å². The van der Waals surface area contributed by atoms with E-state index in [9.17, 15) is 0 Å². The van der Waals surface area contributed by atoms with Gasteiger partial charge in [0, 0.05) is 49.3 Å². The predicted octanol–water partition coefficient (Wildman–Crippen LogP) is 14.4. The fraction of sp³-hybridized carbons (Fsp3) is 0. The van der Waals surface area contributed by atoms with E-state index >= 15 is 0 Å². The van der Waals surface area contributed by atoms with Crippen molar-refractivity contribution in [1.82, 2.24) is 13.7 Å². The van der Waals surface area contributed by atoms with Crippen molar-refractivity contribution in [2.24, 2.45) is 0 Å². The van der Waals surface area contributed by atoms with Crippen LogP contribution in [0.5, 0.6) is 11.5 Å². The second kappa shape index (κ2) is 11.8. The summed E-state index contributed by atoms with van der Waals surface area (Å²) >= 11 is 0. The molecule has 0 atom stereocenters. The molecule has 0 saturated carbocycles. The summed E-state index contributed by atoms with van der Waals surface area (Å²) in [6, 6.07) is 72.5. The summed E-state index contributed by atoms with van der Waals surface area (Å²) in [5.74, 6) is 1.75. The minimum atomic E-state index is 0.860. The zero-order chi connectivity index (χ0) is 37.9. The van der Waals surface area contributed by atoms with Gasteiger partial charge in [-0.05, 0) is 89.5 Å². The van der Waals surface area contributed by atoms with Gasteiger partial charge in [-0.15, -0.1) is 0 Å². The Hall–Kier alpha value is -7.82. The molecule has 0 radical (unpaired) electrons. The van der Waals surface area contributed by atoms with E-state index in [1.54, 1.807) is 0 Å². The molecule has 4 nitrogen and oxygen atoms in total. The largest absolute Gasteiger partial charge is 0.453 e. The molecule has 9 aromatic carbocycles. The topological polar surface area (TPSA) is 24.0 Å². The van der Waals surface area contributed by atoms with Crippen molar-refractivity contribution in [2.45, 2.75) is 0 Å². The summed E-state index contributed by atoms with van der Waals surface area (Å²) in [7, 11) is 0. The predicted molar refractivity (Wildman–Crippen MR) is 240 cm³/mol. The molecular formula is C54H33N3O. The number of fused-ring (bicyclic) bond motifs is 11. The standard InChI is InChI=1S/C54H33N3O/c1-5-23-46-40(17-1)41-18-2-6-24-47(41)56(46)38-29-30-50-45(33-38)43-20-4-7-25-48(43)55(50)37-16-10-14-35(32-37)34-13-9-15-36(31-34)39-21-11-27-51-53(39)57-49-26-8-3-19-42(49)44-22-12-28-52(58-51)54(44)57/h1-33H. The lowest BCUT2D eigenvalue weighted by Gasteiger charge is -2.24. The van der Waals surface area contributed by atoms with Gasteiger partial charge in [0.1, 0.15) is 0 Å². The maximum atomic E-state index is 6.62. The number of hydrogen-bond donors (Lipinski definition) is 0. The Morgan fingerprint density at radius 3 is 1.48 bits per heavy atom. The van der Waals surface area contributed by atoms with Crippen molar-refractivity contribution >= 4 is 65.4 Å². The molecule has 4 heteroatoms. The number of ether oxygens (including phenoxy) is 1. The monoisotopic (exact) mass is 739 g/mol. The van der Waals surface area contributed by atoms with Gasteiger partial charge in [-0.1, -0.05) is 127 Å². The first kappa shape index (κ1) is 31.4. The van der Waals surface area contributed by atoms with Gasteiger partial charge in [0.2, 0.25) is 0 Å². The Morgan fingerprint density at radius 2 is 0.776 bits per heavy atom. The zero-order valence-electron chi connectivity index (χ0n) is 31.3. The van der Waals surface area contributed by atoms with Gasteiger partial charge >= 0.3 is 0 Å². The first-order chi connectivity index (χ1) is 28.8. The van der Waals surface area contributed by atoms with E-state index in [1.807, 2.05) is 0 Å². The molecule has 0 N–H and O–H groups in total. The third-order valence-corrected chi connectivity index (χ3v) is 12.2. The fourth-order valence-corrected chi connectivity index (χ4v) is 9.76. The highest BCUT2D eigenvalue weighted by atomic mass is 16.5. The van der Waals surface area contributed by atoms with Crippen LogP contribution in [0.25, 0.3) is 105 Å². The van der Waals surface area contributed by atoms with Crippen LogP contribution in [-0.2, 0) is 0 Å². The van der Waals surface area contributed by atoms with Crippen LogP contribution in [0.4, 0.5) is 0 Å². The molecular weight excluding hydrogens is 707 g/mol. The van der Waals surface area contributed by atoms with Crippen molar-refractivity contribution < 1.29 is 4.74 Å². The molecule has 3 aromatic heterocycles. The zero-order valence-corrected chi connectivity index (χ0v) is 31.3. The summed E-state index contributed by atoms with van der Waals surface area (Å²) in [5.41, 5.74) is 15.0. The smallest absolute Gasteiger partial charge is 0.152 e. The summed E-state index contributed by atoms with van der Waals surface area (Å²) < 4.78 is 13.8. The highest BCUT2D eigenvalue weighted by Gasteiger charge is 2.26. The van der Waals surface area contributed by atoms with Gasteiger partial charge in [0.25, 0.3) is 0 Å². The van der Waals surface area contributed by atoms with E-state index in [1.165, 1.54) is 59.9 Å². The van der Waals surface area contributed by atoms with Crippen LogP contribution in [-0.4, -0.2) is 13.7 Å². The summed E-state index contributed by atoms with van der Waals surface area (Å²) in [4.78, 5) is 0. The minimum Gasteiger partial charge on any atom is -0.453 e. The number of benzene rings is 9. The Kier molecular flexibility index (Phi) is 6.41. The van der Waals surface area contributed by atoms with Crippen molar-refractivity contribution in [3.63, 3.8) is 0 Å². The van der Waals surface area contributed by atoms with Gasteiger partial charge in [-0.3, -0.25) is 0 Å². The molecule has 0 unspecified atom stereocenters. The molecule has 270 valence electrons. The van der Waals surface area contributed by atoms with E-state index < -0.39 is 0 Å². The fourth-order valence-electron chi connectivity index (χ4n) is 9.76. The van der Waals surface area contributed by atoms with Crippen LogP contribution in [0.1, 0.15) is 0 Å². The number of para-hydroxylation sites is 6. The first-order valence-corrected chi connectivity index (χ1v) is 19.8. The van der Waals surface area contributed by atoms with Gasteiger partial charge < -0.3 is 18.4 Å². The van der Waals surface area contributed by atoms with Gasteiger partial charge in [-0.25, -0.2) is 0 Å². The molecule has 0 bridgehead atoms. The Labute approximate surface area is 333 Å². The average Bonchev–Trinajstić information content (AvgIpc) is 3.93. The number of nitrogens with zero attached hydrogens (tertiary/aromatic N) is 3. The number of aromatic nitrogens is 3. The van der Waals surface area contributed by atoms with Gasteiger partial charge in [-0.2, -0.15) is 0 Å². The normalized spacial score (nSPS) is 12.3. The highest BCUT2D eigenvalue weighted by molar-refractivity contribution is 6.14. The third-order valence-electron chi connectivity index (χ3n) is 12.2. The second-order valence-corrected chi connectivity index (χ2v) is 15.3. The quantitative estimate of drug-likeness (QED) is 0.176. The molecule has 0 fully saturated rings. The van der Waals surface area contributed by atoms with Crippen molar-refractivity contribution in [2.75, 3.05) is 0 Å². The third kappa shape index (κ3) is 4.34. The van der Waals surface area contributed by atoms with Crippen molar-refractivity contribution in [3.05, 3.63) is 200 Å². The molecule has 0 saturated heterocycles. The number of hydrogen-bond acceptors (Lipinski definition) is 1. The molecule has 12 aromatic rings. The van der Waals surface area contributed by atoms with E-state index in [0.29, 0.717) is 0 Å². The lowest BCUT2D eigenvalue weighted by molar-refractivity contribution is 0.477. The van der Waals surface area contributed by atoms with Crippen LogP contribution in [0.2, 0.25) is 0 Å². The average molecular weight is 740 g/mol. The van der Waals surface area contributed by atoms with E-state index in [4.69, 9.17) is 4.74 Å². The van der Waals surface area contributed by atoms with E-state index in [0.717, 1.165) is 56.3 Å². The lowest BCUT2D eigenvalue weighted by atomic mass is 9.97. The second-order valence-electron chi connectivity index (χ2n) is 15.3. The van der Waals surface area contributed by atoms with Crippen molar-refractivity contribution in [3.8, 4) is 50.8 Å². The van der Waals surface area contributed by atoms with E-state index in [2.05, 4.69) is 214 Å². The summed E-state index contributed by atoms with van der Waals surface area (Å²) in [6.45, 7) is 0. The minimum absolute atomic E-state index is 0.860. The van der Waals surface area contributed by atoms with Crippen LogP contribution >= 0.6 is 0 Å².